The number of hydrogen-bond donors (Lipinski definition) is 0. The van der Waals surface area contributed by atoms with Gasteiger partial charge in [0.25, 0.3) is 0 Å². The summed E-state index contributed by atoms with van der Waals surface area (Å²) in [6, 6.07) is 0. The van der Waals surface area contributed by atoms with E-state index < -0.39 is 0 Å². The zero-order chi connectivity index (χ0) is 5.98. The van der Waals surface area contributed by atoms with Gasteiger partial charge in [0.15, 0.2) is 0 Å². The molecule has 0 saturated heterocycles. The van der Waals surface area contributed by atoms with Crippen molar-refractivity contribution in [2.75, 3.05) is 0 Å². The normalized spacial score (nSPS) is 14.0. The van der Waals surface area contributed by atoms with Gasteiger partial charge in [-0.05, 0) is 11.6 Å². The van der Waals surface area contributed by atoms with Gasteiger partial charge in [-0.25, -0.2) is 12.2 Å². The van der Waals surface area contributed by atoms with E-state index in [1.165, 1.54) is 0 Å². The van der Waals surface area contributed by atoms with Crippen LogP contribution in [0.1, 0.15) is 0 Å². The van der Waals surface area contributed by atoms with Crippen LogP contribution < -0.4 is 0 Å². The molecule has 0 amide bonds. The molecule has 10 heavy (non-hydrogen) atoms. The van der Waals surface area contributed by atoms with Gasteiger partial charge in [-0.3, -0.25) is 12.2 Å². The first kappa shape index (κ1) is 13.6. The van der Waals surface area contributed by atoms with Crippen molar-refractivity contribution in [3.8, 4) is 0 Å². The molecule has 46 valence electrons. The van der Waals surface area contributed by atoms with Crippen molar-refractivity contribution in [3.05, 3.63) is 24.3 Å². The molecule has 1 rings (SSSR count). The third kappa shape index (κ3) is 4.78. The number of allylic oxidation sites excluding steroid dienone is 4. The van der Waals surface area contributed by atoms with Gasteiger partial charge in [-0.15, -0.1) is 0 Å². The Kier molecular flexibility index (Phi) is 9.14. The molecular formula is C6H2O2Y2-2. The van der Waals surface area contributed by atoms with Gasteiger partial charge in [0.2, 0.25) is 0 Å². The molecule has 1 aliphatic carbocycles. The molecule has 0 heterocycles. The Morgan fingerprint density at radius 2 is 1.20 bits per heavy atom. The molecule has 0 unspecified atom stereocenters. The van der Waals surface area contributed by atoms with E-state index in [-0.39, 0.29) is 77.0 Å². The smallest absolute Gasteiger partial charge is 0 e. The van der Waals surface area contributed by atoms with E-state index in [1.54, 1.807) is 0 Å². The largest absolute Gasteiger partial charge is 0.395 e. The van der Waals surface area contributed by atoms with Crippen LogP contribution in [-0.2, 0) is 75.0 Å². The van der Waals surface area contributed by atoms with Gasteiger partial charge >= 0.3 is 0 Å². The first-order valence-corrected chi connectivity index (χ1v) is 2.06. The second-order valence-corrected chi connectivity index (χ2v) is 1.31. The van der Waals surface area contributed by atoms with Crippen LogP contribution in [0.25, 0.3) is 0 Å². The average Bonchev–Trinajstić information content (AvgIpc) is 1.77. The van der Waals surface area contributed by atoms with Crippen LogP contribution in [0.3, 0.4) is 0 Å². The fourth-order valence-electron chi connectivity index (χ4n) is 0.357. The Morgan fingerprint density at radius 1 is 0.900 bits per heavy atom. The molecular weight excluding hydrogens is 282 g/mol. The van der Waals surface area contributed by atoms with Crippen molar-refractivity contribution in [1.29, 1.82) is 0 Å². The van der Waals surface area contributed by atoms with Gasteiger partial charge in [0.1, 0.15) is 0 Å². The zero-order valence-electron chi connectivity index (χ0n) is 5.13. The Morgan fingerprint density at radius 3 is 1.40 bits per heavy atom. The molecule has 1 aliphatic rings. The number of carbonyl (C=O) groups is 2. The summed E-state index contributed by atoms with van der Waals surface area (Å²) in [6.45, 7) is 0. The maximum atomic E-state index is 10.2. The predicted molar refractivity (Wildman–Crippen MR) is 25.6 cm³/mol. The average molecular weight is 284 g/mol. The molecule has 0 aromatic carbocycles. The van der Waals surface area contributed by atoms with Crippen molar-refractivity contribution in [3.63, 3.8) is 0 Å². The maximum absolute atomic E-state index is 10.2. The van der Waals surface area contributed by atoms with Crippen LogP contribution in [0, 0.1) is 12.2 Å². The monoisotopic (exact) mass is 284 g/mol. The summed E-state index contributed by atoms with van der Waals surface area (Å²) in [7, 11) is 0. The van der Waals surface area contributed by atoms with E-state index in [1.807, 2.05) is 0 Å². The van der Waals surface area contributed by atoms with Crippen LogP contribution in [0.2, 0.25) is 0 Å². The van der Waals surface area contributed by atoms with Crippen LogP contribution in [0.4, 0.5) is 0 Å². The van der Waals surface area contributed by atoms with Crippen molar-refractivity contribution in [1.82, 2.24) is 0 Å². The predicted octanol–water partition coefficient (Wildman–Crippen LogP) is -0.148. The summed E-state index contributed by atoms with van der Waals surface area (Å²) >= 11 is 0. The Bertz CT molecular complexity index is 156. The summed E-state index contributed by atoms with van der Waals surface area (Å²) in [5, 5.41) is 0. The topological polar surface area (TPSA) is 34.1 Å². The quantitative estimate of drug-likeness (QED) is 0.458. The molecule has 0 atom stereocenters. The minimum atomic E-state index is -0.301. The van der Waals surface area contributed by atoms with Crippen molar-refractivity contribution < 1.29 is 75.0 Å². The summed E-state index contributed by atoms with van der Waals surface area (Å²) < 4.78 is 0. The van der Waals surface area contributed by atoms with Gasteiger partial charge in [-0.1, -0.05) is 0 Å². The number of hydrogen-bond acceptors (Lipinski definition) is 2. The summed E-state index contributed by atoms with van der Waals surface area (Å²) in [5.74, 6) is -0.603. The van der Waals surface area contributed by atoms with E-state index in [2.05, 4.69) is 12.2 Å². The van der Waals surface area contributed by atoms with Crippen molar-refractivity contribution in [2.45, 2.75) is 0 Å². The molecule has 0 saturated carbocycles. The van der Waals surface area contributed by atoms with Gasteiger partial charge < -0.3 is 9.59 Å². The first-order valence-electron chi connectivity index (χ1n) is 2.06. The van der Waals surface area contributed by atoms with Gasteiger partial charge in [0.05, 0.1) is 0 Å². The third-order valence-electron chi connectivity index (χ3n) is 0.691. The molecule has 4 heteroatoms. The van der Waals surface area contributed by atoms with Crippen LogP contribution >= 0.6 is 0 Å². The third-order valence-corrected chi connectivity index (χ3v) is 0.691. The Labute approximate surface area is 109 Å². The number of rotatable bonds is 0. The Balaban J connectivity index is 0. The summed E-state index contributed by atoms with van der Waals surface area (Å²) in [4.78, 5) is 20.4. The van der Waals surface area contributed by atoms with Crippen LogP contribution in [-0.4, -0.2) is 11.6 Å². The van der Waals surface area contributed by atoms with Gasteiger partial charge in [0, 0.05) is 65.4 Å². The molecule has 0 aromatic heterocycles. The van der Waals surface area contributed by atoms with E-state index >= 15 is 0 Å². The van der Waals surface area contributed by atoms with Gasteiger partial charge in [-0.2, -0.15) is 0 Å². The van der Waals surface area contributed by atoms with E-state index in [9.17, 15) is 9.59 Å². The van der Waals surface area contributed by atoms with Crippen molar-refractivity contribution >= 4 is 11.6 Å². The first-order chi connectivity index (χ1) is 3.79. The molecule has 0 N–H and O–H groups in total. The fourth-order valence-corrected chi connectivity index (χ4v) is 0.357. The summed E-state index contributed by atoms with van der Waals surface area (Å²) in [6.07, 6.45) is 6.54. The molecule has 0 fully saturated rings. The molecule has 0 aromatic rings. The van der Waals surface area contributed by atoms with Crippen molar-refractivity contribution in [2.24, 2.45) is 0 Å². The molecule has 0 spiro atoms. The number of carbonyl (C=O) groups excluding carboxylic acids is 2. The second-order valence-electron chi connectivity index (χ2n) is 1.31. The Hall–Kier alpha value is 1.03. The fraction of sp³-hybridized carbons (Fsp3) is 0. The van der Waals surface area contributed by atoms with Crippen LogP contribution in [0.15, 0.2) is 12.2 Å². The zero-order valence-corrected chi connectivity index (χ0v) is 10.8. The second kappa shape index (κ2) is 6.72. The molecule has 0 bridgehead atoms. The minimum Gasteiger partial charge on any atom is -0.395 e. The van der Waals surface area contributed by atoms with E-state index in [0.29, 0.717) is 0 Å². The summed E-state index contributed by atoms with van der Waals surface area (Å²) in [5.41, 5.74) is 0. The molecule has 2 radical (unpaired) electrons. The van der Waals surface area contributed by atoms with Crippen LogP contribution in [0.5, 0.6) is 0 Å². The number of ketones is 2. The van der Waals surface area contributed by atoms with E-state index in [4.69, 9.17) is 0 Å². The maximum Gasteiger partial charge on any atom is 0 e. The standard InChI is InChI=1S/C6H2O2.2Y/c7-5-1-2-6(8)4-3-5;;/h1,4H;;/q-2;;. The molecule has 2 nitrogen and oxygen atoms in total. The van der Waals surface area contributed by atoms with E-state index in [0.717, 1.165) is 12.2 Å². The SMILES string of the molecule is O=C1[C-]=CC(=O)[C-]=C1.[Y].[Y]. The molecule has 0 aliphatic heterocycles. The minimum absolute atomic E-state index is 0.